The Labute approximate surface area is 97.4 Å². The van der Waals surface area contributed by atoms with Crippen molar-refractivity contribution in [1.29, 1.82) is 0 Å². The first-order valence-electron chi connectivity index (χ1n) is 4.35. The highest BCUT2D eigenvalue weighted by molar-refractivity contribution is 14.1. The van der Waals surface area contributed by atoms with Crippen LogP contribution in [-0.4, -0.2) is 18.3 Å². The monoisotopic (exact) mass is 307 g/mol. The minimum absolute atomic E-state index is 0.0313. The summed E-state index contributed by atoms with van der Waals surface area (Å²) in [6.07, 6.45) is 0.652. The summed E-state index contributed by atoms with van der Waals surface area (Å²) in [6, 6.07) is 3.74. The molecule has 0 aliphatic rings. The number of phenols is 1. The van der Waals surface area contributed by atoms with Gasteiger partial charge in [0.25, 0.3) is 0 Å². The fourth-order valence-electron chi connectivity index (χ4n) is 1.29. The lowest BCUT2D eigenvalue weighted by Gasteiger charge is -2.11. The number of rotatable bonds is 3. The summed E-state index contributed by atoms with van der Waals surface area (Å²) in [5, 5.41) is 9.78. The number of nitrogens with two attached hydrogens (primary N) is 1. The zero-order chi connectivity index (χ0) is 10.7. The molecule has 0 amide bonds. The van der Waals surface area contributed by atoms with Crippen LogP contribution in [-0.2, 0) is 6.42 Å². The summed E-state index contributed by atoms with van der Waals surface area (Å²) in [7, 11) is 1.54. The van der Waals surface area contributed by atoms with Crippen LogP contribution in [0.5, 0.6) is 11.5 Å². The predicted octanol–water partition coefficient (Wildman–Crippen LogP) is 1.90. The molecule has 3 nitrogen and oxygen atoms in total. The van der Waals surface area contributed by atoms with Crippen LogP contribution in [0.2, 0.25) is 0 Å². The number of methoxy groups -OCH3 is 1. The maximum absolute atomic E-state index is 9.78. The van der Waals surface area contributed by atoms with Gasteiger partial charge in [-0.25, -0.2) is 0 Å². The van der Waals surface area contributed by atoms with Gasteiger partial charge >= 0.3 is 0 Å². The van der Waals surface area contributed by atoms with Gasteiger partial charge in [0, 0.05) is 15.2 Å². The van der Waals surface area contributed by atoms with Crippen molar-refractivity contribution in [1.82, 2.24) is 0 Å². The second-order valence-corrected chi connectivity index (χ2v) is 4.54. The Morgan fingerprint density at radius 3 is 2.71 bits per heavy atom. The average molecular weight is 307 g/mol. The van der Waals surface area contributed by atoms with Crippen molar-refractivity contribution in [2.45, 2.75) is 19.4 Å². The molecule has 0 aliphatic heterocycles. The third kappa shape index (κ3) is 2.75. The minimum atomic E-state index is 0.0313. The van der Waals surface area contributed by atoms with E-state index < -0.39 is 0 Å². The smallest absolute Gasteiger partial charge is 0.161 e. The molecule has 1 rings (SSSR count). The molecule has 1 aromatic rings. The minimum Gasteiger partial charge on any atom is -0.504 e. The van der Waals surface area contributed by atoms with Gasteiger partial charge in [0.05, 0.1) is 7.11 Å². The molecule has 0 heterocycles. The van der Waals surface area contributed by atoms with Crippen LogP contribution in [0.15, 0.2) is 12.1 Å². The Kier molecular flexibility index (Phi) is 4.00. The summed E-state index contributed by atoms with van der Waals surface area (Å²) in [6.45, 7) is 1.91. The average Bonchev–Trinajstić information content (AvgIpc) is 2.09. The van der Waals surface area contributed by atoms with Crippen LogP contribution < -0.4 is 10.5 Å². The van der Waals surface area contributed by atoms with E-state index in [0.29, 0.717) is 12.2 Å². The van der Waals surface area contributed by atoms with E-state index in [0.717, 1.165) is 9.13 Å². The van der Waals surface area contributed by atoms with Crippen LogP contribution in [0.25, 0.3) is 0 Å². The second kappa shape index (κ2) is 4.84. The maximum Gasteiger partial charge on any atom is 0.161 e. The molecule has 0 fully saturated rings. The van der Waals surface area contributed by atoms with E-state index >= 15 is 0 Å². The van der Waals surface area contributed by atoms with E-state index in [2.05, 4.69) is 22.6 Å². The third-order valence-electron chi connectivity index (χ3n) is 1.88. The SMILES string of the molecule is COc1cc(I)cc(CC(C)N)c1O. The van der Waals surface area contributed by atoms with Crippen LogP contribution in [0.1, 0.15) is 12.5 Å². The summed E-state index contributed by atoms with van der Waals surface area (Å²) < 4.78 is 6.09. The van der Waals surface area contributed by atoms with E-state index in [1.807, 2.05) is 13.0 Å². The van der Waals surface area contributed by atoms with Gasteiger partial charge in [-0.3, -0.25) is 0 Å². The third-order valence-corrected chi connectivity index (χ3v) is 2.50. The zero-order valence-electron chi connectivity index (χ0n) is 8.25. The molecule has 78 valence electrons. The lowest BCUT2D eigenvalue weighted by molar-refractivity contribution is 0.369. The maximum atomic E-state index is 9.78. The topological polar surface area (TPSA) is 55.5 Å². The van der Waals surface area contributed by atoms with Crippen molar-refractivity contribution in [2.24, 2.45) is 5.73 Å². The summed E-state index contributed by atoms with van der Waals surface area (Å²) in [5.41, 5.74) is 6.52. The lowest BCUT2D eigenvalue weighted by atomic mass is 10.1. The van der Waals surface area contributed by atoms with Gasteiger partial charge in [0.1, 0.15) is 0 Å². The van der Waals surface area contributed by atoms with Crippen LogP contribution in [0, 0.1) is 3.57 Å². The quantitative estimate of drug-likeness (QED) is 0.839. The molecule has 1 unspecified atom stereocenters. The normalized spacial score (nSPS) is 12.6. The first-order valence-corrected chi connectivity index (χ1v) is 5.43. The molecule has 4 heteroatoms. The van der Waals surface area contributed by atoms with Crippen molar-refractivity contribution in [3.05, 3.63) is 21.3 Å². The molecule has 3 N–H and O–H groups in total. The Balaban J connectivity index is 3.08. The zero-order valence-corrected chi connectivity index (χ0v) is 10.4. The molecule has 0 aromatic heterocycles. The van der Waals surface area contributed by atoms with Gasteiger partial charge in [-0.2, -0.15) is 0 Å². The second-order valence-electron chi connectivity index (χ2n) is 3.30. The summed E-state index contributed by atoms with van der Waals surface area (Å²) >= 11 is 2.19. The molecular weight excluding hydrogens is 293 g/mol. The molecule has 1 atom stereocenters. The van der Waals surface area contributed by atoms with Crippen LogP contribution in [0.4, 0.5) is 0 Å². The fraction of sp³-hybridized carbons (Fsp3) is 0.400. The van der Waals surface area contributed by atoms with Crippen molar-refractivity contribution in [3.8, 4) is 11.5 Å². The molecule has 0 spiro atoms. The van der Waals surface area contributed by atoms with E-state index in [4.69, 9.17) is 10.5 Å². The molecule has 0 bridgehead atoms. The van der Waals surface area contributed by atoms with E-state index in [1.165, 1.54) is 0 Å². The van der Waals surface area contributed by atoms with Gasteiger partial charge in [0.15, 0.2) is 11.5 Å². The highest BCUT2D eigenvalue weighted by atomic mass is 127. The Hall–Kier alpha value is -0.490. The molecule has 14 heavy (non-hydrogen) atoms. The van der Waals surface area contributed by atoms with E-state index in [-0.39, 0.29) is 11.8 Å². The number of halogens is 1. The number of hydrogen-bond donors (Lipinski definition) is 2. The van der Waals surface area contributed by atoms with Crippen molar-refractivity contribution >= 4 is 22.6 Å². The van der Waals surface area contributed by atoms with Gasteiger partial charge in [0.2, 0.25) is 0 Å². The number of ether oxygens (including phenoxy) is 1. The molecule has 1 aromatic carbocycles. The number of benzene rings is 1. The highest BCUT2D eigenvalue weighted by Crippen LogP contribution is 2.32. The largest absolute Gasteiger partial charge is 0.504 e. The Bertz CT molecular complexity index is 326. The van der Waals surface area contributed by atoms with Crippen molar-refractivity contribution in [3.63, 3.8) is 0 Å². The first kappa shape index (κ1) is 11.6. The first-order chi connectivity index (χ1) is 6.54. The van der Waals surface area contributed by atoms with Crippen molar-refractivity contribution < 1.29 is 9.84 Å². The Morgan fingerprint density at radius 2 is 2.21 bits per heavy atom. The standard InChI is InChI=1S/C10H14INO2/c1-6(12)3-7-4-8(11)5-9(14-2)10(7)13/h4-6,13H,3,12H2,1-2H3. The lowest BCUT2D eigenvalue weighted by Crippen LogP contribution is -2.18. The number of aromatic hydroxyl groups is 1. The van der Waals surface area contributed by atoms with Gasteiger partial charge in [-0.1, -0.05) is 0 Å². The summed E-state index contributed by atoms with van der Waals surface area (Å²) in [4.78, 5) is 0. The van der Waals surface area contributed by atoms with Gasteiger partial charge < -0.3 is 15.6 Å². The van der Waals surface area contributed by atoms with Gasteiger partial charge in [-0.05, 0) is 48.1 Å². The van der Waals surface area contributed by atoms with Crippen LogP contribution >= 0.6 is 22.6 Å². The highest BCUT2D eigenvalue weighted by Gasteiger charge is 2.10. The van der Waals surface area contributed by atoms with Crippen molar-refractivity contribution in [2.75, 3.05) is 7.11 Å². The molecular formula is C10H14INO2. The Morgan fingerprint density at radius 1 is 1.57 bits per heavy atom. The summed E-state index contributed by atoms with van der Waals surface area (Å²) in [5.74, 6) is 0.706. The molecule has 0 radical (unpaired) electrons. The number of hydrogen-bond acceptors (Lipinski definition) is 3. The van der Waals surface area contributed by atoms with Crippen LogP contribution in [0.3, 0.4) is 0 Å². The number of phenolic OH excluding ortho intramolecular Hbond substituents is 1. The fourth-order valence-corrected chi connectivity index (χ4v) is 1.95. The predicted molar refractivity (Wildman–Crippen MR) is 64.7 cm³/mol. The van der Waals surface area contributed by atoms with E-state index in [9.17, 15) is 5.11 Å². The molecule has 0 saturated heterocycles. The molecule has 0 saturated carbocycles. The van der Waals surface area contributed by atoms with E-state index in [1.54, 1.807) is 13.2 Å². The van der Waals surface area contributed by atoms with Gasteiger partial charge in [-0.15, -0.1) is 0 Å². The molecule has 0 aliphatic carbocycles.